The first kappa shape index (κ1) is 25.8. The van der Waals surface area contributed by atoms with Gasteiger partial charge in [-0.25, -0.2) is 13.4 Å². The number of nitrogens with one attached hydrogen (secondary N) is 1. The molecule has 0 radical (unpaired) electrons. The molecule has 0 aliphatic carbocycles. The van der Waals surface area contributed by atoms with Gasteiger partial charge in [-0.15, -0.1) is 10.2 Å². The molecule has 0 aliphatic rings. The van der Waals surface area contributed by atoms with E-state index in [1.807, 2.05) is 0 Å². The second-order valence-electron chi connectivity index (χ2n) is 8.06. The predicted octanol–water partition coefficient (Wildman–Crippen LogP) is 3.08. The summed E-state index contributed by atoms with van der Waals surface area (Å²) in [7, 11) is 0.518. The number of para-hydroxylation sites is 1. The van der Waals surface area contributed by atoms with Crippen LogP contribution in [0.3, 0.4) is 0 Å². The highest BCUT2D eigenvalue weighted by Crippen LogP contribution is 2.38. The van der Waals surface area contributed by atoms with Crippen LogP contribution in [0.15, 0.2) is 55.1 Å². The summed E-state index contributed by atoms with van der Waals surface area (Å²) >= 11 is 0. The molecule has 12 nitrogen and oxygen atoms in total. The van der Waals surface area contributed by atoms with Crippen molar-refractivity contribution in [3.05, 3.63) is 60.8 Å². The van der Waals surface area contributed by atoms with Crippen molar-refractivity contribution in [2.45, 2.75) is 25.0 Å². The minimum Gasteiger partial charge on any atom is -0.494 e. The summed E-state index contributed by atoms with van der Waals surface area (Å²) in [6, 6.07) is 8.77. The fourth-order valence-electron chi connectivity index (χ4n) is 3.69. The van der Waals surface area contributed by atoms with Crippen LogP contribution in [0.5, 0.6) is 17.4 Å². The van der Waals surface area contributed by atoms with E-state index in [2.05, 4.69) is 29.9 Å². The van der Waals surface area contributed by atoms with Crippen molar-refractivity contribution >= 4 is 16.0 Å². The zero-order chi connectivity index (χ0) is 26.6. The van der Waals surface area contributed by atoms with Crippen molar-refractivity contribution in [1.82, 2.24) is 29.7 Å². The Bertz CT molecular complexity index is 1440. The van der Waals surface area contributed by atoms with Crippen molar-refractivity contribution in [2.75, 3.05) is 26.1 Å². The van der Waals surface area contributed by atoms with Gasteiger partial charge in [0.15, 0.2) is 5.82 Å². The molecule has 2 atom stereocenters. The lowest BCUT2D eigenvalue weighted by Gasteiger charge is -2.21. The minimum atomic E-state index is -3.98. The van der Waals surface area contributed by atoms with Gasteiger partial charge in [0.2, 0.25) is 21.9 Å². The number of pyridine rings is 1. The van der Waals surface area contributed by atoms with Crippen LogP contribution in [-0.2, 0) is 10.0 Å². The Balaban J connectivity index is 1.79. The standard InChI is InChI=1S/C24H27N7O5S/c1-15(18-13-27-21(36-5)14-26-18)16(2)37(32,33)30-24-29-28-23(17-8-7-11-25-12-17)31(24)22-19(34-3)9-6-10-20(22)35-4/h6-16H,1-5H3,(H,29,30). The molecule has 0 spiro atoms. The molecule has 0 saturated carbocycles. The zero-order valence-corrected chi connectivity index (χ0v) is 21.8. The van der Waals surface area contributed by atoms with Gasteiger partial charge in [0.25, 0.3) is 0 Å². The minimum absolute atomic E-state index is 0.0403. The Morgan fingerprint density at radius 2 is 1.62 bits per heavy atom. The van der Waals surface area contributed by atoms with E-state index in [-0.39, 0.29) is 5.95 Å². The smallest absolute Gasteiger partial charge is 0.243 e. The van der Waals surface area contributed by atoms with Gasteiger partial charge in [-0.1, -0.05) is 13.0 Å². The van der Waals surface area contributed by atoms with Crippen LogP contribution in [0.2, 0.25) is 0 Å². The fourth-order valence-corrected chi connectivity index (χ4v) is 4.94. The molecule has 3 heterocycles. The molecular weight excluding hydrogens is 498 g/mol. The molecule has 2 unspecified atom stereocenters. The quantitative estimate of drug-likeness (QED) is 0.328. The molecule has 1 N–H and O–H groups in total. The Hall–Kier alpha value is -4.26. The maximum atomic E-state index is 13.5. The third-order valence-electron chi connectivity index (χ3n) is 5.96. The third-order valence-corrected chi connectivity index (χ3v) is 7.81. The molecular formula is C24H27N7O5S. The first-order valence-corrected chi connectivity index (χ1v) is 12.8. The number of hydrogen-bond acceptors (Lipinski definition) is 10. The molecule has 0 amide bonds. The van der Waals surface area contributed by atoms with Crippen LogP contribution in [0, 0.1) is 0 Å². The van der Waals surface area contributed by atoms with Gasteiger partial charge in [0.1, 0.15) is 17.2 Å². The summed E-state index contributed by atoms with van der Waals surface area (Å²) < 4.78 is 47.4. The third kappa shape index (κ3) is 5.16. The van der Waals surface area contributed by atoms with Crippen LogP contribution >= 0.6 is 0 Å². The second kappa shape index (κ2) is 10.8. The number of ether oxygens (including phenoxy) is 3. The number of aromatic nitrogens is 6. The topological polar surface area (TPSA) is 143 Å². The molecule has 4 aromatic rings. The van der Waals surface area contributed by atoms with Gasteiger partial charge >= 0.3 is 0 Å². The first-order chi connectivity index (χ1) is 17.8. The maximum Gasteiger partial charge on any atom is 0.243 e. The number of methoxy groups -OCH3 is 3. The lowest BCUT2D eigenvalue weighted by Crippen LogP contribution is -2.31. The number of benzene rings is 1. The summed E-state index contributed by atoms with van der Waals surface area (Å²) in [6.45, 7) is 3.35. The highest BCUT2D eigenvalue weighted by Gasteiger charge is 2.32. The van der Waals surface area contributed by atoms with Gasteiger partial charge in [-0.2, -0.15) is 0 Å². The number of rotatable bonds is 10. The van der Waals surface area contributed by atoms with E-state index in [1.165, 1.54) is 38.3 Å². The van der Waals surface area contributed by atoms with Crippen molar-refractivity contribution in [3.63, 3.8) is 0 Å². The highest BCUT2D eigenvalue weighted by molar-refractivity contribution is 7.93. The second-order valence-corrected chi connectivity index (χ2v) is 10.1. The van der Waals surface area contributed by atoms with Gasteiger partial charge in [0, 0.05) is 23.9 Å². The van der Waals surface area contributed by atoms with E-state index in [1.54, 1.807) is 56.6 Å². The molecule has 37 heavy (non-hydrogen) atoms. The lowest BCUT2D eigenvalue weighted by molar-refractivity contribution is 0.391. The van der Waals surface area contributed by atoms with E-state index in [9.17, 15) is 8.42 Å². The van der Waals surface area contributed by atoms with E-state index in [0.29, 0.717) is 40.1 Å². The van der Waals surface area contributed by atoms with E-state index >= 15 is 0 Å². The normalized spacial score (nSPS) is 13.0. The molecule has 1 aromatic carbocycles. The Morgan fingerprint density at radius 1 is 0.892 bits per heavy atom. The average molecular weight is 526 g/mol. The van der Waals surface area contributed by atoms with Crippen LogP contribution in [-0.4, -0.2) is 64.7 Å². The summed E-state index contributed by atoms with van der Waals surface area (Å²) in [5, 5.41) is 7.56. The van der Waals surface area contributed by atoms with Crippen LogP contribution in [0.4, 0.5) is 5.95 Å². The molecule has 0 saturated heterocycles. The van der Waals surface area contributed by atoms with E-state index < -0.39 is 21.2 Å². The Kier molecular flexibility index (Phi) is 7.53. The van der Waals surface area contributed by atoms with Crippen molar-refractivity contribution < 1.29 is 22.6 Å². The molecule has 0 aliphatic heterocycles. The van der Waals surface area contributed by atoms with Gasteiger partial charge in [-0.3, -0.25) is 19.3 Å². The zero-order valence-electron chi connectivity index (χ0n) is 21.0. The summed E-state index contributed by atoms with van der Waals surface area (Å²) in [6.07, 6.45) is 6.18. The number of sulfonamides is 1. The number of hydrogen-bond donors (Lipinski definition) is 1. The van der Waals surface area contributed by atoms with E-state index in [4.69, 9.17) is 14.2 Å². The Morgan fingerprint density at radius 3 is 2.19 bits per heavy atom. The monoisotopic (exact) mass is 525 g/mol. The molecule has 0 bridgehead atoms. The largest absolute Gasteiger partial charge is 0.494 e. The summed E-state index contributed by atoms with van der Waals surface area (Å²) in [5.41, 5.74) is 1.54. The average Bonchev–Trinajstić information content (AvgIpc) is 3.34. The fraction of sp³-hybridized carbons (Fsp3) is 0.292. The lowest BCUT2D eigenvalue weighted by atomic mass is 10.1. The highest BCUT2D eigenvalue weighted by atomic mass is 32.2. The maximum absolute atomic E-state index is 13.5. The summed E-state index contributed by atoms with van der Waals surface area (Å²) in [4.78, 5) is 12.6. The van der Waals surface area contributed by atoms with Crippen molar-refractivity contribution in [2.24, 2.45) is 0 Å². The van der Waals surface area contributed by atoms with Crippen LogP contribution in [0.25, 0.3) is 17.1 Å². The molecule has 0 fully saturated rings. The number of nitrogens with zero attached hydrogens (tertiary/aromatic N) is 6. The first-order valence-electron chi connectivity index (χ1n) is 11.3. The van der Waals surface area contributed by atoms with Gasteiger partial charge < -0.3 is 14.2 Å². The van der Waals surface area contributed by atoms with Crippen molar-refractivity contribution in [1.29, 1.82) is 0 Å². The van der Waals surface area contributed by atoms with Crippen LogP contribution < -0.4 is 18.9 Å². The molecule has 13 heteroatoms. The number of anilines is 1. The Labute approximate surface area is 214 Å². The van der Waals surface area contributed by atoms with Gasteiger partial charge in [-0.05, 0) is 31.2 Å². The van der Waals surface area contributed by atoms with Gasteiger partial charge in [0.05, 0.1) is 44.7 Å². The van der Waals surface area contributed by atoms with E-state index in [0.717, 1.165) is 0 Å². The predicted molar refractivity (Wildman–Crippen MR) is 137 cm³/mol. The SMILES string of the molecule is COc1cnc(C(C)C(C)S(=O)(=O)Nc2nnc(-c3cccnc3)n2-c2c(OC)cccc2OC)cn1. The molecule has 194 valence electrons. The molecule has 4 rings (SSSR count). The summed E-state index contributed by atoms with van der Waals surface area (Å²) in [5.74, 6) is 1.01. The molecule has 3 aromatic heterocycles. The van der Waals surface area contributed by atoms with Crippen molar-refractivity contribution in [3.8, 4) is 34.5 Å². The van der Waals surface area contributed by atoms with Crippen LogP contribution in [0.1, 0.15) is 25.5 Å².